The number of Topliss-reactive ketones (excluding diaryl/α,β-unsaturated/α-hetero) is 1. The first-order chi connectivity index (χ1) is 14.3. The third kappa shape index (κ3) is 3.38. The van der Waals surface area contributed by atoms with Crippen LogP contribution in [-0.4, -0.2) is 16.8 Å². The molecule has 1 amide bonds. The van der Waals surface area contributed by atoms with Crippen molar-refractivity contribution in [3.63, 3.8) is 0 Å². The topological polar surface area (TPSA) is 57.6 Å². The molecule has 0 bridgehead atoms. The number of halogens is 3. The predicted octanol–water partition coefficient (Wildman–Crippen LogP) is 4.63. The fourth-order valence-electron chi connectivity index (χ4n) is 3.65. The van der Waals surface area contributed by atoms with E-state index in [9.17, 15) is 23.5 Å². The highest BCUT2D eigenvalue weighted by Gasteiger charge is 2.51. The summed E-state index contributed by atoms with van der Waals surface area (Å²) in [6.45, 7) is -0.200. The third-order valence-corrected chi connectivity index (χ3v) is 5.55. The fraction of sp³-hybridized carbons (Fsp3) is 0.130. The normalized spacial score (nSPS) is 17.9. The number of amides is 1. The molecule has 30 heavy (non-hydrogen) atoms. The van der Waals surface area contributed by atoms with Crippen molar-refractivity contribution in [1.82, 2.24) is 0 Å². The number of anilines is 1. The molecule has 3 aromatic rings. The molecule has 3 aromatic carbocycles. The van der Waals surface area contributed by atoms with Gasteiger partial charge in [-0.2, -0.15) is 0 Å². The zero-order valence-electron chi connectivity index (χ0n) is 15.6. The van der Waals surface area contributed by atoms with Crippen LogP contribution < -0.4 is 4.90 Å². The van der Waals surface area contributed by atoms with Crippen LogP contribution in [0.15, 0.2) is 66.7 Å². The minimum atomic E-state index is -2.13. The standard InChI is InChI=1S/C23H16ClF2NO3/c24-18-5-3-6-19(26)16(18)13-27-20-7-2-1-4-17(20)23(30,22(27)29)12-21(28)14-8-10-15(25)11-9-14/h1-11,30H,12-13H2/t23-/m1/s1. The van der Waals surface area contributed by atoms with E-state index in [1.54, 1.807) is 24.3 Å². The summed E-state index contributed by atoms with van der Waals surface area (Å²) in [7, 11) is 0. The first-order valence-corrected chi connectivity index (χ1v) is 9.54. The van der Waals surface area contributed by atoms with Crippen molar-refractivity contribution in [2.24, 2.45) is 0 Å². The second-order valence-electron chi connectivity index (χ2n) is 7.08. The lowest BCUT2D eigenvalue weighted by Gasteiger charge is -2.23. The van der Waals surface area contributed by atoms with Gasteiger partial charge in [-0.1, -0.05) is 35.9 Å². The second-order valence-corrected chi connectivity index (χ2v) is 7.48. The molecular formula is C23H16ClF2NO3. The first-order valence-electron chi connectivity index (χ1n) is 9.17. The molecule has 1 N–H and O–H groups in total. The predicted molar refractivity (Wildman–Crippen MR) is 108 cm³/mol. The SMILES string of the molecule is O=C(C[C@]1(O)C(=O)N(Cc2c(F)cccc2Cl)c2ccccc21)c1ccc(F)cc1. The molecule has 1 atom stereocenters. The van der Waals surface area contributed by atoms with Gasteiger partial charge in [-0.05, 0) is 42.5 Å². The van der Waals surface area contributed by atoms with E-state index in [-0.39, 0.29) is 28.3 Å². The van der Waals surface area contributed by atoms with E-state index < -0.39 is 35.3 Å². The number of rotatable bonds is 5. The molecule has 0 fully saturated rings. The van der Waals surface area contributed by atoms with Crippen LogP contribution in [0.2, 0.25) is 5.02 Å². The van der Waals surface area contributed by atoms with Gasteiger partial charge < -0.3 is 10.0 Å². The van der Waals surface area contributed by atoms with Gasteiger partial charge in [0.2, 0.25) is 0 Å². The average molecular weight is 428 g/mol. The lowest BCUT2D eigenvalue weighted by Crippen LogP contribution is -2.41. The fourth-order valence-corrected chi connectivity index (χ4v) is 3.87. The third-order valence-electron chi connectivity index (χ3n) is 5.20. The number of hydrogen-bond donors (Lipinski definition) is 1. The number of nitrogens with zero attached hydrogens (tertiary/aromatic N) is 1. The van der Waals surface area contributed by atoms with Crippen LogP contribution >= 0.6 is 11.6 Å². The van der Waals surface area contributed by atoms with Gasteiger partial charge in [0.25, 0.3) is 5.91 Å². The van der Waals surface area contributed by atoms with Crippen molar-refractivity contribution in [3.8, 4) is 0 Å². The van der Waals surface area contributed by atoms with Crippen molar-refractivity contribution >= 4 is 29.0 Å². The van der Waals surface area contributed by atoms with E-state index in [2.05, 4.69) is 0 Å². The molecule has 7 heteroatoms. The number of fused-ring (bicyclic) bond motifs is 1. The molecule has 1 heterocycles. The number of ketones is 1. The van der Waals surface area contributed by atoms with Gasteiger partial charge in [0, 0.05) is 21.7 Å². The highest BCUT2D eigenvalue weighted by molar-refractivity contribution is 6.31. The Hall–Kier alpha value is -3.09. The van der Waals surface area contributed by atoms with E-state index in [1.807, 2.05) is 0 Å². The number of benzene rings is 3. The summed E-state index contributed by atoms with van der Waals surface area (Å²) >= 11 is 6.11. The summed E-state index contributed by atoms with van der Waals surface area (Å²) in [5, 5.41) is 11.4. The highest BCUT2D eigenvalue weighted by atomic mass is 35.5. The Labute approximate surface area is 176 Å². The first kappa shape index (κ1) is 20.2. The summed E-state index contributed by atoms with van der Waals surface area (Å²) in [6.07, 6.45) is -0.532. The van der Waals surface area contributed by atoms with Gasteiger partial charge in [0.15, 0.2) is 11.4 Å². The summed E-state index contributed by atoms with van der Waals surface area (Å²) in [5.74, 6) is -2.35. The number of aliphatic hydroxyl groups is 1. The summed E-state index contributed by atoms with van der Waals surface area (Å²) in [5.41, 5.74) is -1.23. The van der Waals surface area contributed by atoms with Crippen LogP contribution in [0.25, 0.3) is 0 Å². The number of carbonyl (C=O) groups excluding carboxylic acids is 2. The minimum absolute atomic E-state index is 0.108. The van der Waals surface area contributed by atoms with Crippen LogP contribution in [0.5, 0.6) is 0 Å². The van der Waals surface area contributed by atoms with Crippen molar-refractivity contribution in [2.45, 2.75) is 18.6 Å². The van der Waals surface area contributed by atoms with E-state index >= 15 is 0 Å². The number of hydrogen-bond acceptors (Lipinski definition) is 3. The number of carbonyl (C=O) groups is 2. The van der Waals surface area contributed by atoms with Crippen molar-refractivity contribution in [3.05, 3.63) is 100 Å². The Morgan fingerprint density at radius 2 is 1.70 bits per heavy atom. The van der Waals surface area contributed by atoms with Gasteiger partial charge in [-0.15, -0.1) is 0 Å². The molecule has 0 aromatic heterocycles. The minimum Gasteiger partial charge on any atom is -0.375 e. The molecule has 0 saturated carbocycles. The molecule has 1 aliphatic rings. The Morgan fingerprint density at radius 1 is 1.00 bits per heavy atom. The summed E-state index contributed by atoms with van der Waals surface area (Å²) in [6, 6.07) is 15.5. The van der Waals surface area contributed by atoms with Crippen LogP contribution in [0.4, 0.5) is 14.5 Å². The molecule has 0 saturated heterocycles. The second kappa shape index (κ2) is 7.63. The Kier molecular flexibility index (Phi) is 5.13. The van der Waals surface area contributed by atoms with E-state index in [4.69, 9.17) is 11.6 Å². The van der Waals surface area contributed by atoms with Gasteiger partial charge in [-0.3, -0.25) is 9.59 Å². The quantitative estimate of drug-likeness (QED) is 0.604. The smallest absolute Gasteiger partial charge is 0.264 e. The average Bonchev–Trinajstić information content (AvgIpc) is 2.93. The van der Waals surface area contributed by atoms with Crippen LogP contribution in [-0.2, 0) is 16.9 Å². The van der Waals surface area contributed by atoms with E-state index in [0.29, 0.717) is 5.69 Å². The molecule has 0 spiro atoms. The molecule has 0 radical (unpaired) electrons. The van der Waals surface area contributed by atoms with Gasteiger partial charge in [0.1, 0.15) is 11.6 Å². The van der Waals surface area contributed by atoms with Crippen LogP contribution in [0.3, 0.4) is 0 Å². The van der Waals surface area contributed by atoms with Crippen molar-refractivity contribution in [1.29, 1.82) is 0 Å². The van der Waals surface area contributed by atoms with Crippen molar-refractivity contribution in [2.75, 3.05) is 4.90 Å². The Balaban J connectivity index is 1.70. The van der Waals surface area contributed by atoms with Crippen LogP contribution in [0, 0.1) is 11.6 Å². The molecule has 4 nitrogen and oxygen atoms in total. The largest absolute Gasteiger partial charge is 0.375 e. The lowest BCUT2D eigenvalue weighted by molar-refractivity contribution is -0.136. The van der Waals surface area contributed by atoms with Gasteiger partial charge in [-0.25, -0.2) is 8.78 Å². The van der Waals surface area contributed by atoms with Gasteiger partial charge in [0.05, 0.1) is 18.7 Å². The molecule has 4 rings (SSSR count). The lowest BCUT2D eigenvalue weighted by atomic mass is 9.88. The molecular weight excluding hydrogens is 412 g/mol. The molecule has 1 aliphatic heterocycles. The molecule has 0 unspecified atom stereocenters. The number of para-hydroxylation sites is 1. The van der Waals surface area contributed by atoms with Crippen molar-refractivity contribution < 1.29 is 23.5 Å². The summed E-state index contributed by atoms with van der Waals surface area (Å²) in [4.78, 5) is 27.2. The monoisotopic (exact) mass is 427 g/mol. The zero-order chi connectivity index (χ0) is 21.5. The zero-order valence-corrected chi connectivity index (χ0v) is 16.4. The highest BCUT2D eigenvalue weighted by Crippen LogP contribution is 2.44. The van der Waals surface area contributed by atoms with E-state index in [1.165, 1.54) is 35.2 Å². The Bertz CT molecular complexity index is 1130. The van der Waals surface area contributed by atoms with Gasteiger partial charge >= 0.3 is 0 Å². The maximum atomic E-state index is 14.3. The maximum Gasteiger partial charge on any atom is 0.264 e. The summed E-state index contributed by atoms with van der Waals surface area (Å²) < 4.78 is 27.4. The molecule has 0 aliphatic carbocycles. The van der Waals surface area contributed by atoms with Crippen LogP contribution in [0.1, 0.15) is 27.9 Å². The molecule has 152 valence electrons. The maximum absolute atomic E-state index is 14.3. The van der Waals surface area contributed by atoms with E-state index in [0.717, 1.165) is 12.1 Å². The Morgan fingerprint density at radius 3 is 2.40 bits per heavy atom.